The van der Waals surface area contributed by atoms with Crippen LogP contribution >= 0.6 is 11.3 Å². The molecule has 1 N–H and O–H groups in total. The number of ether oxygens (including phenoxy) is 2. The van der Waals surface area contributed by atoms with Crippen molar-refractivity contribution in [1.29, 1.82) is 0 Å². The Morgan fingerprint density at radius 3 is 2.26 bits per heavy atom. The molecule has 12 heteroatoms. The third-order valence-electron chi connectivity index (χ3n) is 6.41. The smallest absolute Gasteiger partial charge is 0.416 e. The Labute approximate surface area is 245 Å². The third-order valence-corrected chi connectivity index (χ3v) is 7.30. The summed E-state index contributed by atoms with van der Waals surface area (Å²) in [5, 5.41) is 11.2. The zero-order chi connectivity index (χ0) is 30.1. The summed E-state index contributed by atoms with van der Waals surface area (Å²) in [5.74, 6) is 0.709. The predicted octanol–water partition coefficient (Wildman–Crippen LogP) is 5.88. The van der Waals surface area contributed by atoms with Crippen molar-refractivity contribution in [3.8, 4) is 22.1 Å². The average molecular weight is 599 g/mol. The Hall–Kier alpha value is -4.45. The number of nitrogens with one attached hydrogen (secondary N) is 1. The standard InChI is InChI=1S/C30H29F3N4O4S/c1-40-24-13-8-21(18-25(24)41-2)14-16-37(27(39)19-20-6-4-3-5-7-20)17-15-26(38)34-29-36-35-28(42-29)22-9-11-23(12-10-22)30(31,32)33/h3-13,18H,14-17,19H2,1-2H3,(H,34,36,38). The summed E-state index contributed by atoms with van der Waals surface area (Å²) in [6, 6.07) is 19.5. The largest absolute Gasteiger partial charge is 0.493 e. The van der Waals surface area contributed by atoms with Gasteiger partial charge in [0, 0.05) is 25.1 Å². The normalized spacial score (nSPS) is 11.2. The van der Waals surface area contributed by atoms with Crippen LogP contribution in [0.3, 0.4) is 0 Å². The average Bonchev–Trinajstić information content (AvgIpc) is 3.45. The lowest BCUT2D eigenvalue weighted by atomic mass is 10.1. The number of rotatable bonds is 12. The molecule has 0 spiro atoms. The summed E-state index contributed by atoms with van der Waals surface area (Å²) in [7, 11) is 3.12. The molecule has 1 aromatic heterocycles. The second-order valence-corrected chi connectivity index (χ2v) is 10.2. The van der Waals surface area contributed by atoms with Gasteiger partial charge in [-0.25, -0.2) is 0 Å². The molecule has 42 heavy (non-hydrogen) atoms. The van der Waals surface area contributed by atoms with Gasteiger partial charge in [-0.1, -0.05) is 59.9 Å². The number of hydrogen-bond donors (Lipinski definition) is 1. The first-order valence-corrected chi connectivity index (χ1v) is 13.8. The van der Waals surface area contributed by atoms with Crippen LogP contribution in [-0.4, -0.2) is 54.2 Å². The Balaban J connectivity index is 1.38. The van der Waals surface area contributed by atoms with Crippen molar-refractivity contribution in [2.24, 2.45) is 0 Å². The minimum absolute atomic E-state index is 0.0155. The lowest BCUT2D eigenvalue weighted by Crippen LogP contribution is -2.36. The van der Waals surface area contributed by atoms with Crippen LogP contribution < -0.4 is 14.8 Å². The predicted molar refractivity (Wildman–Crippen MR) is 154 cm³/mol. The van der Waals surface area contributed by atoms with E-state index in [9.17, 15) is 22.8 Å². The molecule has 8 nitrogen and oxygen atoms in total. The van der Waals surface area contributed by atoms with Gasteiger partial charge in [-0.05, 0) is 41.8 Å². The first-order valence-electron chi connectivity index (χ1n) is 13.0. The number of halogens is 3. The molecule has 0 radical (unpaired) electrons. The second-order valence-electron chi connectivity index (χ2n) is 9.27. The molecule has 0 bridgehead atoms. The SMILES string of the molecule is COc1ccc(CCN(CCC(=O)Nc2nnc(-c3ccc(C(F)(F)F)cc3)s2)C(=O)Cc2ccccc2)cc1OC. The van der Waals surface area contributed by atoms with Crippen LogP contribution in [0.25, 0.3) is 10.6 Å². The van der Waals surface area contributed by atoms with Crippen molar-refractivity contribution >= 4 is 28.3 Å². The molecule has 0 fully saturated rings. The number of amides is 2. The molecule has 0 saturated carbocycles. The molecule has 0 saturated heterocycles. The molecule has 0 aliphatic carbocycles. The zero-order valence-corrected chi connectivity index (χ0v) is 23.8. The summed E-state index contributed by atoms with van der Waals surface area (Å²) in [4.78, 5) is 27.6. The quantitative estimate of drug-likeness (QED) is 0.219. The summed E-state index contributed by atoms with van der Waals surface area (Å²) in [6.07, 6.45) is -3.69. The van der Waals surface area contributed by atoms with Gasteiger partial charge in [-0.2, -0.15) is 13.2 Å². The van der Waals surface area contributed by atoms with Crippen LogP contribution in [0, 0.1) is 0 Å². The summed E-state index contributed by atoms with van der Waals surface area (Å²) < 4.78 is 49.2. The van der Waals surface area contributed by atoms with Crippen LogP contribution in [0.1, 0.15) is 23.1 Å². The maximum Gasteiger partial charge on any atom is 0.416 e. The number of nitrogens with zero attached hydrogens (tertiary/aromatic N) is 3. The van der Waals surface area contributed by atoms with E-state index in [2.05, 4.69) is 15.5 Å². The van der Waals surface area contributed by atoms with Gasteiger partial charge in [-0.15, -0.1) is 10.2 Å². The van der Waals surface area contributed by atoms with E-state index in [0.717, 1.165) is 34.6 Å². The lowest BCUT2D eigenvalue weighted by molar-refractivity contribution is -0.137. The van der Waals surface area contributed by atoms with Crippen LogP contribution in [-0.2, 0) is 28.6 Å². The van der Waals surface area contributed by atoms with Crippen LogP contribution in [0.5, 0.6) is 11.5 Å². The highest BCUT2D eigenvalue weighted by Crippen LogP contribution is 2.32. The van der Waals surface area contributed by atoms with Gasteiger partial charge < -0.3 is 19.7 Å². The van der Waals surface area contributed by atoms with Gasteiger partial charge in [0.1, 0.15) is 5.01 Å². The monoisotopic (exact) mass is 598 g/mol. The van der Waals surface area contributed by atoms with E-state index in [0.29, 0.717) is 35.0 Å². The van der Waals surface area contributed by atoms with Gasteiger partial charge in [0.25, 0.3) is 0 Å². The van der Waals surface area contributed by atoms with E-state index in [4.69, 9.17) is 9.47 Å². The molecule has 4 aromatic rings. The van der Waals surface area contributed by atoms with Gasteiger partial charge >= 0.3 is 6.18 Å². The third kappa shape index (κ3) is 8.29. The minimum atomic E-state index is -4.43. The number of hydrogen-bond acceptors (Lipinski definition) is 7. The van der Waals surface area contributed by atoms with Crippen LogP contribution in [0.15, 0.2) is 72.8 Å². The van der Waals surface area contributed by atoms with Crippen LogP contribution in [0.2, 0.25) is 0 Å². The van der Waals surface area contributed by atoms with Gasteiger partial charge in [0.05, 0.1) is 26.2 Å². The first-order chi connectivity index (χ1) is 20.2. The summed E-state index contributed by atoms with van der Waals surface area (Å²) >= 11 is 1.05. The number of carbonyl (C=O) groups excluding carboxylic acids is 2. The van der Waals surface area contributed by atoms with E-state index in [1.807, 2.05) is 42.5 Å². The number of alkyl halides is 3. The van der Waals surface area contributed by atoms with Crippen LogP contribution in [0.4, 0.5) is 18.3 Å². The van der Waals surface area contributed by atoms with Crippen molar-refractivity contribution in [2.75, 3.05) is 32.6 Å². The minimum Gasteiger partial charge on any atom is -0.493 e. The molecule has 0 atom stereocenters. The highest BCUT2D eigenvalue weighted by molar-refractivity contribution is 7.18. The topological polar surface area (TPSA) is 93.6 Å². The number of aromatic nitrogens is 2. The maximum absolute atomic E-state index is 13.2. The molecular weight excluding hydrogens is 569 g/mol. The van der Waals surface area contributed by atoms with Crippen molar-refractivity contribution in [2.45, 2.75) is 25.4 Å². The van der Waals surface area contributed by atoms with E-state index < -0.39 is 11.7 Å². The van der Waals surface area contributed by atoms with Crippen molar-refractivity contribution in [1.82, 2.24) is 15.1 Å². The van der Waals surface area contributed by atoms with E-state index >= 15 is 0 Å². The fourth-order valence-electron chi connectivity index (χ4n) is 4.15. The molecule has 0 aliphatic heterocycles. The van der Waals surface area contributed by atoms with E-state index in [-0.39, 0.29) is 36.3 Å². The first kappa shape index (κ1) is 30.5. The molecule has 4 rings (SSSR count). The molecule has 2 amide bonds. The summed E-state index contributed by atoms with van der Waals surface area (Å²) in [6.45, 7) is 0.556. The second kappa shape index (κ2) is 13.9. The Kier molecular flexibility index (Phi) is 10.1. The number of carbonyl (C=O) groups is 2. The lowest BCUT2D eigenvalue weighted by Gasteiger charge is -2.23. The molecule has 1 heterocycles. The highest BCUT2D eigenvalue weighted by atomic mass is 32.1. The van der Waals surface area contributed by atoms with E-state index in [1.165, 1.54) is 12.1 Å². The Morgan fingerprint density at radius 1 is 0.881 bits per heavy atom. The highest BCUT2D eigenvalue weighted by Gasteiger charge is 2.30. The van der Waals surface area contributed by atoms with E-state index in [1.54, 1.807) is 25.2 Å². The fourth-order valence-corrected chi connectivity index (χ4v) is 4.92. The molecule has 0 aliphatic rings. The maximum atomic E-state index is 13.2. The molecule has 220 valence electrons. The number of methoxy groups -OCH3 is 2. The van der Waals surface area contributed by atoms with Crippen molar-refractivity contribution < 1.29 is 32.2 Å². The number of anilines is 1. The van der Waals surface area contributed by atoms with Crippen molar-refractivity contribution in [3.05, 3.63) is 89.5 Å². The molecular formula is C30H29F3N4O4S. The van der Waals surface area contributed by atoms with Gasteiger partial charge in [0.2, 0.25) is 16.9 Å². The zero-order valence-electron chi connectivity index (χ0n) is 23.0. The Bertz CT molecular complexity index is 1490. The number of benzene rings is 3. The van der Waals surface area contributed by atoms with Gasteiger partial charge in [0.15, 0.2) is 11.5 Å². The van der Waals surface area contributed by atoms with Gasteiger partial charge in [-0.3, -0.25) is 9.59 Å². The molecule has 3 aromatic carbocycles. The molecule has 0 unspecified atom stereocenters. The fraction of sp³-hybridized carbons (Fsp3) is 0.267. The van der Waals surface area contributed by atoms with Crippen molar-refractivity contribution in [3.63, 3.8) is 0 Å². The Morgan fingerprint density at radius 2 is 1.60 bits per heavy atom. The summed E-state index contributed by atoms with van der Waals surface area (Å²) in [5.41, 5.74) is 1.50.